The smallest absolute Gasteiger partial charge is 0.338 e. The summed E-state index contributed by atoms with van der Waals surface area (Å²) in [5.74, 6) is -1.85. The maximum absolute atomic E-state index is 14.3. The molecule has 0 heterocycles. The molecule has 156 valence electrons. The van der Waals surface area contributed by atoms with E-state index in [0.29, 0.717) is 11.3 Å². The van der Waals surface area contributed by atoms with Gasteiger partial charge in [-0.3, -0.25) is 9.10 Å². The fraction of sp³-hybridized carbons (Fsp3) is 0.300. The van der Waals surface area contributed by atoms with Crippen LogP contribution in [0.15, 0.2) is 48.5 Å². The summed E-state index contributed by atoms with van der Waals surface area (Å²) in [7, 11) is -3.94. The molecule has 1 N–H and O–H groups in total. The van der Waals surface area contributed by atoms with Gasteiger partial charge >= 0.3 is 5.97 Å². The van der Waals surface area contributed by atoms with Crippen molar-refractivity contribution in [2.24, 2.45) is 0 Å². The van der Waals surface area contributed by atoms with Crippen molar-refractivity contribution < 1.29 is 27.1 Å². The lowest BCUT2D eigenvalue weighted by Gasteiger charge is -2.30. The lowest BCUT2D eigenvalue weighted by atomic mass is 10.1. The summed E-state index contributed by atoms with van der Waals surface area (Å²) in [6.45, 7) is 3.57. The van der Waals surface area contributed by atoms with Crippen LogP contribution in [0.2, 0.25) is 0 Å². The summed E-state index contributed by atoms with van der Waals surface area (Å²) in [5, 5.41) is 2.61. The zero-order chi connectivity index (χ0) is 21.6. The van der Waals surface area contributed by atoms with Crippen LogP contribution in [0.25, 0.3) is 0 Å². The summed E-state index contributed by atoms with van der Waals surface area (Å²) in [5.41, 5.74) is 0.485. The van der Waals surface area contributed by atoms with E-state index in [-0.39, 0.29) is 18.7 Å². The fourth-order valence-corrected chi connectivity index (χ4v) is 4.01. The number of anilines is 2. The molecule has 0 bridgehead atoms. The molecule has 2 aromatic carbocycles. The molecule has 0 aliphatic rings. The highest BCUT2D eigenvalue weighted by Gasteiger charge is 2.33. The predicted molar refractivity (Wildman–Crippen MR) is 109 cm³/mol. The maximum Gasteiger partial charge on any atom is 0.338 e. The molecule has 7 nitrogen and oxygen atoms in total. The minimum Gasteiger partial charge on any atom is -0.462 e. The van der Waals surface area contributed by atoms with Gasteiger partial charge in [0.05, 0.1) is 24.1 Å². The van der Waals surface area contributed by atoms with Crippen molar-refractivity contribution in [2.45, 2.75) is 26.3 Å². The van der Waals surface area contributed by atoms with Crippen LogP contribution in [-0.2, 0) is 19.6 Å². The zero-order valence-corrected chi connectivity index (χ0v) is 17.2. The minimum absolute atomic E-state index is 0.119. The number of rotatable bonds is 8. The Labute approximate surface area is 169 Å². The van der Waals surface area contributed by atoms with Crippen LogP contribution in [-0.4, -0.2) is 39.2 Å². The predicted octanol–water partition coefficient (Wildman–Crippen LogP) is 3.19. The van der Waals surface area contributed by atoms with Gasteiger partial charge in [-0.05, 0) is 49.7 Å². The summed E-state index contributed by atoms with van der Waals surface area (Å²) >= 11 is 0. The van der Waals surface area contributed by atoms with Crippen molar-refractivity contribution >= 4 is 33.3 Å². The number of para-hydroxylation sites is 1. The third kappa shape index (κ3) is 5.54. The van der Waals surface area contributed by atoms with Crippen molar-refractivity contribution in [2.75, 3.05) is 22.5 Å². The Morgan fingerprint density at radius 1 is 1.10 bits per heavy atom. The summed E-state index contributed by atoms with van der Waals surface area (Å²) in [6.07, 6.45) is 1.04. The van der Waals surface area contributed by atoms with Gasteiger partial charge in [0.2, 0.25) is 15.9 Å². The van der Waals surface area contributed by atoms with E-state index in [9.17, 15) is 22.4 Å². The lowest BCUT2D eigenvalue weighted by molar-refractivity contribution is -0.117. The molecule has 0 spiro atoms. The Morgan fingerprint density at radius 2 is 1.72 bits per heavy atom. The van der Waals surface area contributed by atoms with Gasteiger partial charge in [-0.25, -0.2) is 17.6 Å². The number of ether oxygens (including phenoxy) is 1. The summed E-state index contributed by atoms with van der Waals surface area (Å²) in [6, 6.07) is 10.2. The van der Waals surface area contributed by atoms with E-state index in [0.717, 1.165) is 16.6 Å². The first kappa shape index (κ1) is 22.4. The number of carbonyl (C=O) groups is 2. The van der Waals surface area contributed by atoms with E-state index < -0.39 is 33.8 Å². The van der Waals surface area contributed by atoms with Crippen LogP contribution in [0.1, 0.15) is 30.6 Å². The van der Waals surface area contributed by atoms with Crippen molar-refractivity contribution in [3.63, 3.8) is 0 Å². The van der Waals surface area contributed by atoms with E-state index in [2.05, 4.69) is 5.32 Å². The molecule has 1 unspecified atom stereocenters. The number of sulfonamides is 1. The quantitative estimate of drug-likeness (QED) is 0.660. The minimum atomic E-state index is -3.94. The second kappa shape index (κ2) is 9.51. The molecule has 2 rings (SSSR count). The molecule has 1 atom stereocenters. The first-order valence-electron chi connectivity index (χ1n) is 9.01. The van der Waals surface area contributed by atoms with E-state index in [1.54, 1.807) is 13.8 Å². The number of esters is 1. The van der Waals surface area contributed by atoms with Crippen LogP contribution >= 0.6 is 0 Å². The molecule has 0 aliphatic carbocycles. The molecule has 1 amide bonds. The Balaban J connectivity index is 2.28. The van der Waals surface area contributed by atoms with Crippen molar-refractivity contribution in [3.05, 3.63) is 59.9 Å². The van der Waals surface area contributed by atoms with Crippen molar-refractivity contribution in [1.82, 2.24) is 0 Å². The number of benzene rings is 2. The van der Waals surface area contributed by atoms with Gasteiger partial charge in [0.1, 0.15) is 11.9 Å². The lowest BCUT2D eigenvalue weighted by Crippen LogP contribution is -2.47. The molecule has 0 fully saturated rings. The third-order valence-corrected chi connectivity index (χ3v) is 5.25. The van der Waals surface area contributed by atoms with Crippen LogP contribution in [0.3, 0.4) is 0 Å². The average Bonchev–Trinajstić information content (AvgIpc) is 2.66. The second-order valence-electron chi connectivity index (χ2n) is 6.22. The van der Waals surface area contributed by atoms with Gasteiger partial charge in [-0.1, -0.05) is 19.1 Å². The first-order valence-corrected chi connectivity index (χ1v) is 10.9. The molecular formula is C20H23FN2O5S. The van der Waals surface area contributed by atoms with Gasteiger partial charge in [0.15, 0.2) is 0 Å². The Bertz CT molecular complexity index is 977. The monoisotopic (exact) mass is 422 g/mol. The molecule has 2 aromatic rings. The molecule has 0 saturated heterocycles. The SMILES string of the molecule is CCOC(=O)c1ccc(NC(=O)C(CC)N(c2ccccc2F)S(C)(=O)=O)cc1. The average molecular weight is 422 g/mol. The number of amides is 1. The number of hydrogen-bond acceptors (Lipinski definition) is 5. The first-order chi connectivity index (χ1) is 13.7. The molecular weight excluding hydrogens is 399 g/mol. The molecule has 9 heteroatoms. The third-order valence-electron chi connectivity index (χ3n) is 4.08. The van der Waals surface area contributed by atoms with Gasteiger partial charge in [-0.15, -0.1) is 0 Å². The highest BCUT2D eigenvalue weighted by atomic mass is 32.2. The topological polar surface area (TPSA) is 92.8 Å². The van der Waals surface area contributed by atoms with Gasteiger partial charge in [0, 0.05) is 5.69 Å². The Kier molecular flexibility index (Phi) is 7.33. The summed E-state index contributed by atoms with van der Waals surface area (Å²) < 4.78 is 44.6. The standard InChI is InChI=1S/C20H23FN2O5S/c1-4-17(23(29(3,26)27)18-9-7-6-8-16(18)21)19(24)22-15-12-10-14(11-13-15)20(25)28-5-2/h6-13,17H,4-5H2,1-3H3,(H,22,24). The van der Waals surface area contributed by atoms with Crippen LogP contribution in [0.4, 0.5) is 15.8 Å². The van der Waals surface area contributed by atoms with E-state index in [1.165, 1.54) is 42.5 Å². The Morgan fingerprint density at radius 3 is 2.24 bits per heavy atom. The maximum atomic E-state index is 14.3. The van der Waals surface area contributed by atoms with Gasteiger partial charge in [0.25, 0.3) is 0 Å². The van der Waals surface area contributed by atoms with E-state index in [1.807, 2.05) is 0 Å². The number of carbonyl (C=O) groups excluding carboxylic acids is 2. The summed E-state index contributed by atoms with van der Waals surface area (Å²) in [4.78, 5) is 24.5. The fourth-order valence-electron chi connectivity index (χ4n) is 2.80. The van der Waals surface area contributed by atoms with Gasteiger partial charge in [-0.2, -0.15) is 0 Å². The largest absolute Gasteiger partial charge is 0.462 e. The molecule has 0 radical (unpaired) electrons. The molecule has 0 aliphatic heterocycles. The van der Waals surface area contributed by atoms with E-state index >= 15 is 0 Å². The Hall–Kier alpha value is -2.94. The number of halogens is 1. The highest BCUT2D eigenvalue weighted by Crippen LogP contribution is 2.26. The number of nitrogens with one attached hydrogen (secondary N) is 1. The highest BCUT2D eigenvalue weighted by molar-refractivity contribution is 7.92. The number of nitrogens with zero attached hydrogens (tertiary/aromatic N) is 1. The van der Waals surface area contributed by atoms with Crippen molar-refractivity contribution in [3.8, 4) is 0 Å². The normalized spacial score (nSPS) is 12.1. The zero-order valence-electron chi connectivity index (χ0n) is 16.4. The van der Waals surface area contributed by atoms with E-state index in [4.69, 9.17) is 4.74 Å². The molecule has 29 heavy (non-hydrogen) atoms. The van der Waals surface area contributed by atoms with Crippen LogP contribution < -0.4 is 9.62 Å². The number of hydrogen-bond donors (Lipinski definition) is 1. The molecule has 0 aromatic heterocycles. The molecule has 0 saturated carbocycles. The van der Waals surface area contributed by atoms with Gasteiger partial charge < -0.3 is 10.1 Å². The van der Waals surface area contributed by atoms with Crippen LogP contribution in [0.5, 0.6) is 0 Å². The second-order valence-corrected chi connectivity index (χ2v) is 8.08. The van der Waals surface area contributed by atoms with Crippen LogP contribution in [0, 0.1) is 5.82 Å². The van der Waals surface area contributed by atoms with Crippen molar-refractivity contribution in [1.29, 1.82) is 0 Å².